The third-order valence-electron chi connectivity index (χ3n) is 5.73. The zero-order chi connectivity index (χ0) is 27.2. The molecule has 1 N–H and O–H groups in total. The Morgan fingerprint density at radius 3 is 2.43 bits per heavy atom. The first-order valence-corrected chi connectivity index (χ1v) is 12.2. The minimum Gasteiger partial charge on any atom is -0.495 e. The fraction of sp³-hybridized carbons (Fsp3) is 0.250. The third-order valence-corrected chi connectivity index (χ3v) is 7.09. The number of fused-ring (bicyclic) bond motifs is 1. The number of sulfonamides is 1. The molecule has 0 spiro atoms. The lowest BCUT2D eigenvalue weighted by atomic mass is 9.80. The van der Waals surface area contributed by atoms with Gasteiger partial charge in [-0.05, 0) is 35.9 Å². The number of nitrogens with zero attached hydrogens (tertiary/aromatic N) is 2. The number of hydrogen-bond donors (Lipinski definition) is 1. The Morgan fingerprint density at radius 2 is 1.81 bits per heavy atom. The van der Waals surface area contributed by atoms with Crippen LogP contribution in [0.25, 0.3) is 16.6 Å². The van der Waals surface area contributed by atoms with Gasteiger partial charge in [0, 0.05) is 29.0 Å². The second-order valence-electron chi connectivity index (χ2n) is 8.90. The van der Waals surface area contributed by atoms with Crippen LogP contribution in [-0.2, 0) is 15.4 Å². The van der Waals surface area contributed by atoms with Gasteiger partial charge in [-0.3, -0.25) is 14.1 Å². The molecule has 37 heavy (non-hydrogen) atoms. The molecule has 13 heteroatoms. The average Bonchev–Trinajstić information content (AvgIpc) is 3.29. The van der Waals surface area contributed by atoms with E-state index in [1.54, 1.807) is 0 Å². The molecule has 0 fully saturated rings. The lowest BCUT2D eigenvalue weighted by Crippen LogP contribution is -2.28. The molecule has 0 saturated carbocycles. The van der Waals surface area contributed by atoms with Gasteiger partial charge in [0.1, 0.15) is 17.8 Å². The number of halogens is 4. The Bertz CT molecular complexity index is 1630. The van der Waals surface area contributed by atoms with Crippen LogP contribution in [0, 0.1) is 5.82 Å². The Hall–Kier alpha value is -3.87. The Balaban J connectivity index is 1.85. The summed E-state index contributed by atoms with van der Waals surface area (Å²) in [7, 11) is -2.81. The number of alkyl halides is 3. The maximum absolute atomic E-state index is 15.2. The molecule has 196 valence electrons. The molecule has 2 aromatic carbocycles. The summed E-state index contributed by atoms with van der Waals surface area (Å²) in [6.07, 6.45) is -4.61. The van der Waals surface area contributed by atoms with Crippen molar-refractivity contribution in [1.82, 2.24) is 9.72 Å². The van der Waals surface area contributed by atoms with Crippen LogP contribution in [0.1, 0.15) is 25.8 Å². The minimum atomic E-state index is -4.53. The van der Waals surface area contributed by atoms with E-state index in [1.165, 1.54) is 57.6 Å². The summed E-state index contributed by atoms with van der Waals surface area (Å²) in [5.41, 5.74) is -2.28. The first kappa shape index (κ1) is 26.2. The molecule has 0 aliphatic heterocycles. The van der Waals surface area contributed by atoms with E-state index in [4.69, 9.17) is 4.74 Å². The largest absolute Gasteiger partial charge is 0.495 e. The maximum Gasteiger partial charge on any atom is 0.389 e. The van der Waals surface area contributed by atoms with Crippen molar-refractivity contribution in [2.45, 2.75) is 36.8 Å². The lowest BCUT2D eigenvalue weighted by Gasteiger charge is -2.28. The molecule has 8 nitrogen and oxygen atoms in total. The summed E-state index contributed by atoms with van der Waals surface area (Å²) in [5.74, 6) is -1.02. The molecule has 0 atom stereocenters. The fourth-order valence-corrected chi connectivity index (χ4v) is 5.13. The number of rotatable bonds is 7. The highest BCUT2D eigenvalue weighted by Gasteiger charge is 2.39. The predicted octanol–water partition coefficient (Wildman–Crippen LogP) is 5.16. The van der Waals surface area contributed by atoms with Gasteiger partial charge in [-0.1, -0.05) is 19.0 Å². The summed E-state index contributed by atoms with van der Waals surface area (Å²) in [6.45, 7) is 2.52. The van der Waals surface area contributed by atoms with E-state index in [9.17, 15) is 26.4 Å². The van der Waals surface area contributed by atoms with Gasteiger partial charge in [0.2, 0.25) is 0 Å². The van der Waals surface area contributed by atoms with Crippen molar-refractivity contribution in [2.24, 2.45) is 0 Å². The molecule has 4 aromatic rings. The van der Waals surface area contributed by atoms with Gasteiger partial charge in [-0.25, -0.2) is 12.8 Å². The Kier molecular flexibility index (Phi) is 6.52. The van der Waals surface area contributed by atoms with Gasteiger partial charge in [0.05, 0.1) is 29.6 Å². The number of aromatic nitrogens is 2. The van der Waals surface area contributed by atoms with Gasteiger partial charge in [0.25, 0.3) is 15.6 Å². The molecule has 0 amide bonds. The van der Waals surface area contributed by atoms with Crippen molar-refractivity contribution in [3.8, 4) is 11.4 Å². The third kappa shape index (κ3) is 5.31. The van der Waals surface area contributed by atoms with Crippen molar-refractivity contribution in [3.05, 3.63) is 76.5 Å². The van der Waals surface area contributed by atoms with Crippen LogP contribution in [0.4, 0.5) is 23.4 Å². The Morgan fingerprint density at radius 1 is 1.08 bits per heavy atom. The van der Waals surface area contributed by atoms with Crippen LogP contribution in [0.5, 0.6) is 5.75 Å². The topological polar surface area (TPSA) is 103 Å². The van der Waals surface area contributed by atoms with Crippen molar-refractivity contribution in [1.29, 1.82) is 0 Å². The van der Waals surface area contributed by atoms with Crippen LogP contribution < -0.4 is 15.0 Å². The van der Waals surface area contributed by atoms with E-state index < -0.39 is 39.4 Å². The number of pyridine rings is 1. The van der Waals surface area contributed by atoms with Gasteiger partial charge >= 0.3 is 6.18 Å². The number of ether oxygens (including phenoxy) is 1. The van der Waals surface area contributed by atoms with Crippen molar-refractivity contribution < 1.29 is 35.2 Å². The SMILES string of the molecule is COc1cc(C(C)(C)CC(F)(F)F)c(F)cc1-n1c(=O)ccc2cc(S(=O)(=O)Nc3ccon3)ccc21. The number of methoxy groups -OCH3 is 1. The lowest BCUT2D eigenvalue weighted by molar-refractivity contribution is -0.145. The number of nitrogens with one attached hydrogen (secondary N) is 1. The fourth-order valence-electron chi connectivity index (χ4n) is 4.10. The molecule has 0 bridgehead atoms. The monoisotopic (exact) mass is 539 g/mol. The van der Waals surface area contributed by atoms with Crippen LogP contribution in [0.2, 0.25) is 0 Å². The molecule has 2 aromatic heterocycles. The molecule has 0 saturated heterocycles. The summed E-state index contributed by atoms with van der Waals surface area (Å²) in [5, 5.41) is 3.81. The van der Waals surface area contributed by atoms with E-state index in [2.05, 4.69) is 14.4 Å². The summed E-state index contributed by atoms with van der Waals surface area (Å²) in [4.78, 5) is 12.7. The molecular formula is C24H21F4N3O5S. The predicted molar refractivity (Wildman–Crippen MR) is 127 cm³/mol. The van der Waals surface area contributed by atoms with E-state index in [-0.39, 0.29) is 33.2 Å². The van der Waals surface area contributed by atoms with Crippen LogP contribution >= 0.6 is 0 Å². The number of anilines is 1. The Labute approximate surface area is 208 Å². The van der Waals surface area contributed by atoms with E-state index in [0.717, 1.165) is 22.8 Å². The molecular weight excluding hydrogens is 518 g/mol. The van der Waals surface area contributed by atoms with Gasteiger partial charge in [0.15, 0.2) is 5.82 Å². The molecule has 0 aliphatic rings. The first-order valence-electron chi connectivity index (χ1n) is 10.8. The van der Waals surface area contributed by atoms with Crippen LogP contribution in [0.3, 0.4) is 0 Å². The first-order chi connectivity index (χ1) is 17.2. The van der Waals surface area contributed by atoms with Crippen molar-refractivity contribution in [3.63, 3.8) is 0 Å². The summed E-state index contributed by atoms with van der Waals surface area (Å²) >= 11 is 0. The van der Waals surface area contributed by atoms with Gasteiger partial charge in [-0.2, -0.15) is 13.2 Å². The van der Waals surface area contributed by atoms with Gasteiger partial charge in [-0.15, -0.1) is 0 Å². The van der Waals surface area contributed by atoms with E-state index in [1.807, 2.05) is 0 Å². The van der Waals surface area contributed by atoms with Crippen LogP contribution in [-0.4, -0.2) is 31.4 Å². The molecule has 4 rings (SSSR count). The average molecular weight is 540 g/mol. The second-order valence-corrected chi connectivity index (χ2v) is 10.6. The minimum absolute atomic E-state index is 0.0289. The van der Waals surface area contributed by atoms with Gasteiger partial charge < -0.3 is 9.26 Å². The molecule has 0 radical (unpaired) electrons. The molecule has 0 aliphatic carbocycles. The molecule has 0 unspecified atom stereocenters. The van der Waals surface area contributed by atoms with Crippen LogP contribution in [0.15, 0.2) is 69.0 Å². The highest BCUT2D eigenvalue weighted by molar-refractivity contribution is 7.92. The number of benzene rings is 2. The van der Waals surface area contributed by atoms with Crippen molar-refractivity contribution >= 4 is 26.7 Å². The standard InChI is InChI=1S/C24H21F4N3O5S/c1-23(2,13-24(26,27)28)16-11-20(35-3)19(12-17(16)25)31-18-6-5-15(10-14(18)4-7-22(31)32)37(33,34)30-21-8-9-36-29-21/h4-12H,13H2,1-3H3,(H,29,30). The normalized spacial score (nSPS) is 12.6. The quantitative estimate of drug-likeness (QED) is 0.326. The molecule has 2 heterocycles. The summed E-state index contributed by atoms with van der Waals surface area (Å²) < 4.78 is 93.2. The summed E-state index contributed by atoms with van der Waals surface area (Å²) in [6, 6.07) is 9.84. The highest BCUT2D eigenvalue weighted by Crippen LogP contribution is 2.40. The number of hydrogen-bond acceptors (Lipinski definition) is 6. The zero-order valence-electron chi connectivity index (χ0n) is 19.8. The smallest absolute Gasteiger partial charge is 0.389 e. The van der Waals surface area contributed by atoms with Crippen molar-refractivity contribution in [2.75, 3.05) is 11.8 Å². The van der Waals surface area contributed by atoms with E-state index >= 15 is 4.39 Å². The highest BCUT2D eigenvalue weighted by atomic mass is 32.2. The van der Waals surface area contributed by atoms with E-state index in [0.29, 0.717) is 5.39 Å². The maximum atomic E-state index is 15.2. The second kappa shape index (κ2) is 9.21. The zero-order valence-corrected chi connectivity index (χ0v) is 20.6.